The van der Waals surface area contributed by atoms with E-state index in [2.05, 4.69) is 37.5 Å². The van der Waals surface area contributed by atoms with Crippen molar-refractivity contribution in [3.63, 3.8) is 0 Å². The van der Waals surface area contributed by atoms with Gasteiger partial charge in [0.25, 0.3) is 0 Å². The van der Waals surface area contributed by atoms with Gasteiger partial charge >= 0.3 is 6.03 Å². The van der Waals surface area contributed by atoms with Crippen LogP contribution in [0.3, 0.4) is 0 Å². The van der Waals surface area contributed by atoms with Gasteiger partial charge in [0.2, 0.25) is 0 Å². The number of aliphatic hydroxyl groups is 1. The second-order valence-corrected chi connectivity index (χ2v) is 11.2. The van der Waals surface area contributed by atoms with E-state index in [1.165, 1.54) is 0 Å². The van der Waals surface area contributed by atoms with Crippen LogP contribution in [0, 0.1) is 5.92 Å². The van der Waals surface area contributed by atoms with Crippen LogP contribution < -0.4 is 10.6 Å². The van der Waals surface area contributed by atoms with E-state index in [0.717, 1.165) is 48.0 Å². The summed E-state index contributed by atoms with van der Waals surface area (Å²) in [4.78, 5) is 14.9. The fraction of sp³-hybridized carbons (Fsp3) is 0.679. The number of unbranched alkanes of at least 4 members (excludes halogenated alkanes) is 1. The number of likely N-dealkylation sites (N-methyl/N-ethyl adjacent to an activating group) is 1. The summed E-state index contributed by atoms with van der Waals surface area (Å²) in [6.45, 7) is 11.0. The number of fused-ring (bicyclic) bond motifs is 1. The van der Waals surface area contributed by atoms with E-state index in [0.29, 0.717) is 32.7 Å². The number of urea groups is 1. The van der Waals surface area contributed by atoms with Gasteiger partial charge in [0.05, 0.1) is 5.60 Å². The minimum Gasteiger partial charge on any atom is -0.460 e. The Balaban J connectivity index is 1.93. The van der Waals surface area contributed by atoms with Gasteiger partial charge in [-0.3, -0.25) is 0 Å². The number of amides is 2. The van der Waals surface area contributed by atoms with Gasteiger partial charge in [-0.2, -0.15) is 0 Å². The summed E-state index contributed by atoms with van der Waals surface area (Å²) in [7, 11) is 3.58. The smallest absolute Gasteiger partial charge is 0.317 e. The topological polar surface area (TPSA) is 87.0 Å². The number of methoxy groups -OCH3 is 1. The number of hydrogen-bond donors (Lipinski definition) is 3. The van der Waals surface area contributed by atoms with Crippen molar-refractivity contribution in [1.82, 2.24) is 15.5 Å². The van der Waals surface area contributed by atoms with Crippen LogP contribution in [0.2, 0.25) is 0 Å². The second-order valence-electron chi connectivity index (χ2n) is 11.2. The van der Waals surface area contributed by atoms with Crippen LogP contribution in [0.25, 0.3) is 11.0 Å². The van der Waals surface area contributed by atoms with Crippen molar-refractivity contribution < 1.29 is 19.1 Å². The molecule has 7 nitrogen and oxygen atoms in total. The predicted molar refractivity (Wildman–Crippen MR) is 141 cm³/mol. The molecule has 0 saturated carbocycles. The average Bonchev–Trinajstić information content (AvgIpc) is 3.27. The fourth-order valence-corrected chi connectivity index (χ4v) is 5.18. The maximum atomic E-state index is 13.0. The SMILES string of the molecule is CNC[C@H](C)NC(=O)N1CCC[C@@H]([C@@](O)(CCCCOC)c2cccc3cc(C(C)(C)C)oc23)C1. The molecule has 0 aliphatic carbocycles. The third-order valence-corrected chi connectivity index (χ3v) is 7.17. The molecule has 0 spiro atoms. The van der Waals surface area contributed by atoms with E-state index in [4.69, 9.17) is 9.15 Å². The van der Waals surface area contributed by atoms with Gasteiger partial charge in [-0.15, -0.1) is 0 Å². The summed E-state index contributed by atoms with van der Waals surface area (Å²) < 4.78 is 11.7. The highest BCUT2D eigenvalue weighted by atomic mass is 16.5. The highest BCUT2D eigenvalue weighted by molar-refractivity contribution is 5.82. The van der Waals surface area contributed by atoms with E-state index < -0.39 is 5.60 Å². The number of benzene rings is 1. The Morgan fingerprint density at radius 3 is 2.77 bits per heavy atom. The number of carbonyl (C=O) groups is 1. The van der Waals surface area contributed by atoms with Crippen LogP contribution in [-0.4, -0.2) is 62.5 Å². The lowest BCUT2D eigenvalue weighted by molar-refractivity contribution is -0.0558. The molecule has 1 aliphatic rings. The lowest BCUT2D eigenvalue weighted by atomic mass is 9.73. The molecule has 2 amide bonds. The molecular formula is C28H45N3O4. The molecule has 196 valence electrons. The van der Waals surface area contributed by atoms with E-state index in [1.807, 2.05) is 37.1 Å². The number of likely N-dealkylation sites (tertiary alicyclic amines) is 1. The monoisotopic (exact) mass is 487 g/mol. The highest BCUT2D eigenvalue weighted by Gasteiger charge is 2.43. The van der Waals surface area contributed by atoms with Gasteiger partial charge in [-0.05, 0) is 52.1 Å². The summed E-state index contributed by atoms with van der Waals surface area (Å²) in [6, 6.07) is 8.12. The van der Waals surface area contributed by atoms with Crippen molar-refractivity contribution in [3.05, 3.63) is 35.6 Å². The largest absolute Gasteiger partial charge is 0.460 e. The molecule has 0 bridgehead atoms. The van der Waals surface area contributed by atoms with Gasteiger partial charge in [-0.25, -0.2) is 4.79 Å². The molecular weight excluding hydrogens is 442 g/mol. The van der Waals surface area contributed by atoms with Gasteiger partial charge in [0.1, 0.15) is 11.3 Å². The molecule has 7 heteroatoms. The summed E-state index contributed by atoms with van der Waals surface area (Å²) in [5.74, 6) is 0.822. The highest BCUT2D eigenvalue weighted by Crippen LogP contribution is 2.44. The molecule has 35 heavy (non-hydrogen) atoms. The zero-order chi connectivity index (χ0) is 25.6. The lowest BCUT2D eigenvalue weighted by Gasteiger charge is -2.43. The van der Waals surface area contributed by atoms with Crippen molar-refractivity contribution in [2.75, 3.05) is 40.4 Å². The molecule has 3 rings (SSSR count). The average molecular weight is 488 g/mol. The molecule has 0 unspecified atom stereocenters. The van der Waals surface area contributed by atoms with Crippen molar-refractivity contribution in [1.29, 1.82) is 0 Å². The quantitative estimate of drug-likeness (QED) is 0.421. The number of carbonyl (C=O) groups excluding carboxylic acids is 1. The summed E-state index contributed by atoms with van der Waals surface area (Å²) >= 11 is 0. The number of nitrogens with zero attached hydrogens (tertiary/aromatic N) is 1. The van der Waals surface area contributed by atoms with E-state index in [1.54, 1.807) is 7.11 Å². The zero-order valence-electron chi connectivity index (χ0n) is 22.4. The van der Waals surface area contributed by atoms with Crippen LogP contribution in [-0.2, 0) is 15.8 Å². The minimum atomic E-state index is -1.10. The Kier molecular flexibility index (Phi) is 9.24. The van der Waals surface area contributed by atoms with E-state index >= 15 is 0 Å². The number of hydrogen-bond acceptors (Lipinski definition) is 5. The number of nitrogens with one attached hydrogen (secondary N) is 2. The first-order chi connectivity index (χ1) is 16.6. The first-order valence-electron chi connectivity index (χ1n) is 13.0. The van der Waals surface area contributed by atoms with Gasteiger partial charge in [0.15, 0.2) is 0 Å². The van der Waals surface area contributed by atoms with Crippen LogP contribution in [0.4, 0.5) is 4.79 Å². The number of para-hydroxylation sites is 1. The lowest BCUT2D eigenvalue weighted by Crippen LogP contribution is -2.53. The molecule has 3 atom stereocenters. The summed E-state index contributed by atoms with van der Waals surface area (Å²) in [5.41, 5.74) is 0.363. The van der Waals surface area contributed by atoms with Crippen molar-refractivity contribution >= 4 is 17.0 Å². The minimum absolute atomic E-state index is 0.0356. The molecule has 1 aromatic heterocycles. The first-order valence-corrected chi connectivity index (χ1v) is 13.0. The fourth-order valence-electron chi connectivity index (χ4n) is 5.18. The zero-order valence-corrected chi connectivity index (χ0v) is 22.4. The Hall–Kier alpha value is -2.09. The molecule has 1 fully saturated rings. The molecule has 2 heterocycles. The third-order valence-electron chi connectivity index (χ3n) is 7.17. The molecule has 1 saturated heterocycles. The maximum absolute atomic E-state index is 13.0. The van der Waals surface area contributed by atoms with Gasteiger partial charge < -0.3 is 29.8 Å². The second kappa shape index (κ2) is 11.8. The molecule has 1 aliphatic heterocycles. The number of ether oxygens (including phenoxy) is 1. The molecule has 3 N–H and O–H groups in total. The Bertz CT molecular complexity index is 967. The number of rotatable bonds is 10. The third kappa shape index (κ3) is 6.57. The summed E-state index contributed by atoms with van der Waals surface area (Å²) in [5, 5.41) is 19.6. The number of piperidine rings is 1. The van der Waals surface area contributed by atoms with Crippen LogP contribution in [0.5, 0.6) is 0 Å². The normalized spacial score (nSPS) is 19.5. The molecule has 0 radical (unpaired) electrons. The Morgan fingerprint density at radius 2 is 2.09 bits per heavy atom. The Labute approximate surface area is 210 Å². The van der Waals surface area contributed by atoms with Gasteiger partial charge in [-0.1, -0.05) is 39.0 Å². The first kappa shape index (κ1) is 27.5. The predicted octanol–water partition coefficient (Wildman–Crippen LogP) is 4.76. The van der Waals surface area contributed by atoms with Crippen molar-refractivity contribution in [2.24, 2.45) is 5.92 Å². The standard InChI is InChI=1S/C28H45N3O4/c1-20(18-29-5)30-26(32)31-15-10-12-22(19-31)28(33,14-7-8-16-34-6)23-13-9-11-21-17-24(27(2,3)4)35-25(21)23/h9,11,13,17,20,22,29,33H,7-8,10,12,14-16,18-19H2,1-6H3,(H,30,32)/t20-,22+,28-/m0/s1. The van der Waals surface area contributed by atoms with E-state index in [-0.39, 0.29) is 23.4 Å². The van der Waals surface area contributed by atoms with E-state index in [9.17, 15) is 9.90 Å². The Morgan fingerprint density at radius 1 is 1.31 bits per heavy atom. The number of furan rings is 1. The van der Waals surface area contributed by atoms with Crippen molar-refractivity contribution in [3.8, 4) is 0 Å². The maximum Gasteiger partial charge on any atom is 0.317 e. The molecule has 1 aromatic carbocycles. The van der Waals surface area contributed by atoms with Gasteiger partial charge in [0, 0.05) is 61.7 Å². The summed E-state index contributed by atoms with van der Waals surface area (Å²) in [6.07, 6.45) is 4.02. The van der Waals surface area contributed by atoms with Crippen molar-refractivity contribution in [2.45, 2.75) is 76.9 Å². The molecule has 2 aromatic rings. The van der Waals surface area contributed by atoms with Crippen LogP contribution in [0.1, 0.15) is 71.1 Å². The van der Waals surface area contributed by atoms with Crippen LogP contribution >= 0.6 is 0 Å². The van der Waals surface area contributed by atoms with Crippen LogP contribution in [0.15, 0.2) is 28.7 Å².